The molecule has 6 heteroatoms. The lowest BCUT2D eigenvalue weighted by molar-refractivity contribution is -0.0328. The number of hydrogen-bond acceptors (Lipinski definition) is 6. The maximum absolute atomic E-state index is 8.50. The molecule has 1 aromatic rings. The standard InChI is InChI=1S/C8H4N2.C5H12O4/c9-5-7-3-1-2-4-8(7)6-10;6-1-5(2-7,3-8)4-9/h1-4H;6-9H,1-4H2. The first-order valence-electron chi connectivity index (χ1n) is 5.45. The summed E-state index contributed by atoms with van der Waals surface area (Å²) in [5.41, 5.74) is -0.241. The van der Waals surface area contributed by atoms with Gasteiger partial charge >= 0.3 is 0 Å². The molecule has 0 saturated heterocycles. The van der Waals surface area contributed by atoms with E-state index in [1.54, 1.807) is 24.3 Å². The molecule has 0 aliphatic rings. The van der Waals surface area contributed by atoms with Gasteiger partial charge in [0.1, 0.15) is 12.1 Å². The highest BCUT2D eigenvalue weighted by molar-refractivity contribution is 5.44. The Morgan fingerprint density at radius 3 is 1.26 bits per heavy atom. The maximum Gasteiger partial charge on any atom is 0.101 e. The summed E-state index contributed by atoms with van der Waals surface area (Å²) < 4.78 is 0. The first-order valence-corrected chi connectivity index (χ1v) is 5.45. The van der Waals surface area contributed by atoms with Gasteiger partial charge in [-0.15, -0.1) is 0 Å². The summed E-state index contributed by atoms with van der Waals surface area (Å²) in [5.74, 6) is 0. The van der Waals surface area contributed by atoms with Crippen LogP contribution in [0.15, 0.2) is 24.3 Å². The first kappa shape index (κ1) is 17.0. The molecule has 102 valence electrons. The van der Waals surface area contributed by atoms with Crippen molar-refractivity contribution in [2.75, 3.05) is 26.4 Å². The second kappa shape index (κ2) is 9.03. The molecule has 0 fully saturated rings. The van der Waals surface area contributed by atoms with Gasteiger partial charge in [-0.25, -0.2) is 0 Å². The molecular weight excluding hydrogens is 248 g/mol. The topological polar surface area (TPSA) is 128 Å². The van der Waals surface area contributed by atoms with Crippen LogP contribution < -0.4 is 0 Å². The fraction of sp³-hybridized carbons (Fsp3) is 0.385. The molecule has 0 saturated carbocycles. The van der Waals surface area contributed by atoms with Gasteiger partial charge in [-0.05, 0) is 12.1 Å². The minimum absolute atomic E-state index is 0.406. The van der Waals surface area contributed by atoms with Crippen LogP contribution in [0, 0.1) is 28.1 Å². The predicted molar refractivity (Wildman–Crippen MR) is 66.6 cm³/mol. The van der Waals surface area contributed by atoms with E-state index in [-0.39, 0.29) is 0 Å². The van der Waals surface area contributed by atoms with E-state index < -0.39 is 31.8 Å². The van der Waals surface area contributed by atoms with Gasteiger partial charge in [0.05, 0.1) is 43.0 Å². The minimum Gasteiger partial charge on any atom is -0.396 e. The normalized spacial score (nSPS) is 9.79. The van der Waals surface area contributed by atoms with Crippen molar-refractivity contribution in [1.82, 2.24) is 0 Å². The van der Waals surface area contributed by atoms with Gasteiger partial charge in [0.15, 0.2) is 0 Å². The van der Waals surface area contributed by atoms with Crippen molar-refractivity contribution >= 4 is 0 Å². The lowest BCUT2D eigenvalue weighted by Crippen LogP contribution is -2.37. The molecule has 0 radical (unpaired) electrons. The van der Waals surface area contributed by atoms with Crippen molar-refractivity contribution in [1.29, 1.82) is 10.5 Å². The number of nitrogens with zero attached hydrogens (tertiary/aromatic N) is 2. The van der Waals surface area contributed by atoms with Gasteiger partial charge in [-0.3, -0.25) is 0 Å². The molecule has 1 rings (SSSR count). The van der Waals surface area contributed by atoms with E-state index >= 15 is 0 Å². The third-order valence-corrected chi connectivity index (χ3v) is 2.51. The van der Waals surface area contributed by atoms with Crippen LogP contribution in [-0.4, -0.2) is 46.9 Å². The van der Waals surface area contributed by atoms with Crippen LogP contribution in [0.25, 0.3) is 0 Å². The van der Waals surface area contributed by atoms with Crippen LogP contribution in [0.3, 0.4) is 0 Å². The van der Waals surface area contributed by atoms with Crippen molar-refractivity contribution in [2.24, 2.45) is 5.41 Å². The average molecular weight is 264 g/mol. The maximum atomic E-state index is 8.50. The highest BCUT2D eigenvalue weighted by Crippen LogP contribution is 2.11. The lowest BCUT2D eigenvalue weighted by Gasteiger charge is -2.23. The fourth-order valence-corrected chi connectivity index (χ4v) is 0.978. The summed E-state index contributed by atoms with van der Waals surface area (Å²) in [6.45, 7) is -1.62. The summed E-state index contributed by atoms with van der Waals surface area (Å²) in [7, 11) is 0. The number of rotatable bonds is 4. The lowest BCUT2D eigenvalue weighted by atomic mass is 9.93. The van der Waals surface area contributed by atoms with E-state index in [0.717, 1.165) is 0 Å². The quantitative estimate of drug-likeness (QED) is 0.573. The van der Waals surface area contributed by atoms with Gasteiger partial charge in [-0.1, -0.05) is 12.1 Å². The largest absolute Gasteiger partial charge is 0.396 e. The zero-order valence-electron chi connectivity index (χ0n) is 10.3. The summed E-state index contributed by atoms with van der Waals surface area (Å²) in [5, 5.41) is 50.9. The molecule has 0 aliphatic carbocycles. The Bertz CT molecular complexity index is 408. The SMILES string of the molecule is N#Cc1ccccc1C#N.OCC(CO)(CO)CO. The molecule has 6 nitrogen and oxygen atoms in total. The van der Waals surface area contributed by atoms with Crippen molar-refractivity contribution in [3.8, 4) is 12.1 Å². The molecule has 4 N–H and O–H groups in total. The molecule has 0 aliphatic heterocycles. The molecular formula is C13H16N2O4. The van der Waals surface area contributed by atoms with Gasteiger partial charge in [0, 0.05) is 0 Å². The molecule has 0 heterocycles. The number of nitriles is 2. The predicted octanol–water partition coefficient (Wildman–Crippen LogP) is -0.628. The number of benzene rings is 1. The third-order valence-electron chi connectivity index (χ3n) is 2.51. The number of aliphatic hydroxyl groups excluding tert-OH is 4. The van der Waals surface area contributed by atoms with E-state index in [9.17, 15) is 0 Å². The molecule has 0 spiro atoms. The smallest absolute Gasteiger partial charge is 0.101 e. The summed E-state index contributed by atoms with van der Waals surface area (Å²) >= 11 is 0. The molecule has 0 atom stereocenters. The Morgan fingerprint density at radius 2 is 1.11 bits per heavy atom. The fourth-order valence-electron chi connectivity index (χ4n) is 0.978. The second-order valence-electron chi connectivity index (χ2n) is 3.90. The highest BCUT2D eigenvalue weighted by Gasteiger charge is 2.26. The number of hydrogen-bond donors (Lipinski definition) is 4. The van der Waals surface area contributed by atoms with Crippen molar-refractivity contribution in [2.45, 2.75) is 0 Å². The second-order valence-corrected chi connectivity index (χ2v) is 3.90. The van der Waals surface area contributed by atoms with E-state index in [1.807, 2.05) is 12.1 Å². The monoisotopic (exact) mass is 264 g/mol. The van der Waals surface area contributed by atoms with Crippen molar-refractivity contribution in [3.05, 3.63) is 35.4 Å². The van der Waals surface area contributed by atoms with Crippen LogP contribution >= 0.6 is 0 Å². The molecule has 19 heavy (non-hydrogen) atoms. The van der Waals surface area contributed by atoms with Crippen LogP contribution in [0.5, 0.6) is 0 Å². The molecule has 0 bridgehead atoms. The van der Waals surface area contributed by atoms with Crippen LogP contribution in [0.1, 0.15) is 11.1 Å². The zero-order valence-corrected chi connectivity index (χ0v) is 10.3. The Morgan fingerprint density at radius 1 is 0.789 bits per heavy atom. The Hall–Kier alpha value is -1.96. The molecule has 0 aromatic heterocycles. The van der Waals surface area contributed by atoms with Crippen molar-refractivity contribution in [3.63, 3.8) is 0 Å². The van der Waals surface area contributed by atoms with Gasteiger partial charge in [0.25, 0.3) is 0 Å². The van der Waals surface area contributed by atoms with E-state index in [0.29, 0.717) is 11.1 Å². The molecule has 0 unspecified atom stereocenters. The first-order chi connectivity index (χ1) is 9.12. The third kappa shape index (κ3) is 5.04. The summed E-state index contributed by atoms with van der Waals surface area (Å²) in [4.78, 5) is 0. The average Bonchev–Trinajstić information content (AvgIpc) is 2.50. The van der Waals surface area contributed by atoms with E-state index in [1.165, 1.54) is 0 Å². The van der Waals surface area contributed by atoms with Gasteiger partial charge < -0.3 is 20.4 Å². The van der Waals surface area contributed by atoms with Crippen molar-refractivity contribution < 1.29 is 20.4 Å². The van der Waals surface area contributed by atoms with Crippen LogP contribution in [0.4, 0.5) is 0 Å². The Labute approximate surface area is 111 Å². The zero-order chi connectivity index (χ0) is 14.7. The Kier molecular flexibility index (Phi) is 8.10. The summed E-state index contributed by atoms with van der Waals surface area (Å²) in [6.07, 6.45) is 0. The highest BCUT2D eigenvalue weighted by atomic mass is 16.3. The van der Waals surface area contributed by atoms with Crippen LogP contribution in [0.2, 0.25) is 0 Å². The minimum atomic E-state index is -1.11. The van der Waals surface area contributed by atoms with E-state index in [2.05, 4.69) is 0 Å². The molecule has 0 amide bonds. The summed E-state index contributed by atoms with van der Waals surface area (Å²) in [6, 6.07) is 10.6. The van der Waals surface area contributed by atoms with Crippen LogP contribution in [-0.2, 0) is 0 Å². The van der Waals surface area contributed by atoms with Gasteiger partial charge in [-0.2, -0.15) is 10.5 Å². The molecule has 1 aromatic carbocycles. The Balaban J connectivity index is 0.000000344. The number of aliphatic hydroxyl groups is 4. The van der Waals surface area contributed by atoms with Gasteiger partial charge in [0.2, 0.25) is 0 Å². The van der Waals surface area contributed by atoms with E-state index in [4.69, 9.17) is 30.9 Å².